The van der Waals surface area contributed by atoms with E-state index in [9.17, 15) is 4.79 Å². The number of amides is 1. The van der Waals surface area contributed by atoms with Crippen molar-refractivity contribution < 1.29 is 9.53 Å². The summed E-state index contributed by atoms with van der Waals surface area (Å²) in [5, 5.41) is 8.92. The number of carbonyl (C=O) groups excluding carboxylic acids is 1. The molecule has 0 fully saturated rings. The van der Waals surface area contributed by atoms with Gasteiger partial charge >= 0.3 is 0 Å². The summed E-state index contributed by atoms with van der Waals surface area (Å²) < 4.78 is 5.74. The molecule has 0 bridgehead atoms. The molecule has 3 rings (SSSR count). The first kappa shape index (κ1) is 22.5. The first-order chi connectivity index (χ1) is 13.1. The average Bonchev–Trinajstić information content (AvgIpc) is 3.19. The summed E-state index contributed by atoms with van der Waals surface area (Å²) in [5.74, 6) is 1.54. The molecule has 2 N–H and O–H groups in total. The molecule has 2 aromatic rings. The fourth-order valence-corrected chi connectivity index (χ4v) is 3.57. The molecule has 8 heteroatoms. The van der Waals surface area contributed by atoms with Gasteiger partial charge in [-0.1, -0.05) is 24.3 Å². The number of fused-ring (bicyclic) bond motifs is 1. The van der Waals surface area contributed by atoms with Gasteiger partial charge in [-0.05, 0) is 23.9 Å². The van der Waals surface area contributed by atoms with Gasteiger partial charge in [-0.25, -0.2) is 4.99 Å². The van der Waals surface area contributed by atoms with Crippen LogP contribution in [0, 0.1) is 0 Å². The van der Waals surface area contributed by atoms with Gasteiger partial charge in [-0.2, -0.15) is 0 Å². The number of para-hydroxylation sites is 1. The van der Waals surface area contributed by atoms with Gasteiger partial charge < -0.3 is 20.3 Å². The summed E-state index contributed by atoms with van der Waals surface area (Å²) in [7, 11) is 3.48. The molecule has 2 heterocycles. The number of likely N-dealkylation sites (N-methyl/N-ethyl adjacent to an activating group) is 1. The third kappa shape index (κ3) is 6.37. The Kier molecular flexibility index (Phi) is 9.04. The minimum atomic E-state index is -0.0262. The molecule has 1 unspecified atom stereocenters. The molecule has 0 saturated carbocycles. The van der Waals surface area contributed by atoms with E-state index < -0.39 is 0 Å². The van der Waals surface area contributed by atoms with E-state index in [-0.39, 0.29) is 42.5 Å². The molecule has 0 aliphatic carbocycles. The number of halogens is 1. The Morgan fingerprint density at radius 2 is 2.11 bits per heavy atom. The van der Waals surface area contributed by atoms with E-state index in [4.69, 9.17) is 4.74 Å². The maximum atomic E-state index is 11.9. The highest BCUT2D eigenvalue weighted by atomic mass is 127. The molecule has 1 amide bonds. The van der Waals surface area contributed by atoms with Gasteiger partial charge in [0.25, 0.3) is 0 Å². The van der Waals surface area contributed by atoms with Crippen molar-refractivity contribution >= 4 is 47.2 Å². The predicted octanol–water partition coefficient (Wildman–Crippen LogP) is 3.06. The Hall–Kier alpha value is -1.81. The third-order valence-electron chi connectivity index (χ3n) is 4.38. The highest BCUT2D eigenvalue weighted by Gasteiger charge is 2.22. The molecular formula is C20H27IN4O2S. The maximum absolute atomic E-state index is 11.9. The molecule has 1 aromatic heterocycles. The van der Waals surface area contributed by atoms with Crippen LogP contribution in [-0.4, -0.2) is 50.6 Å². The van der Waals surface area contributed by atoms with Crippen molar-refractivity contribution in [1.29, 1.82) is 0 Å². The number of benzene rings is 1. The highest BCUT2D eigenvalue weighted by molar-refractivity contribution is 14.0. The number of ether oxygens (including phenoxy) is 1. The SMILES string of the molecule is CN(C)C(=O)CN=C(NCCc1cccs1)NC1CCOc2ccccc21.I. The van der Waals surface area contributed by atoms with Gasteiger partial charge in [-0.15, -0.1) is 35.3 Å². The van der Waals surface area contributed by atoms with Crippen molar-refractivity contribution in [1.82, 2.24) is 15.5 Å². The summed E-state index contributed by atoms with van der Waals surface area (Å²) in [5.41, 5.74) is 1.12. The Morgan fingerprint density at radius 3 is 2.86 bits per heavy atom. The van der Waals surface area contributed by atoms with Crippen LogP contribution in [0.15, 0.2) is 46.8 Å². The number of carbonyl (C=O) groups is 1. The Labute approximate surface area is 187 Å². The molecule has 1 atom stereocenters. The van der Waals surface area contributed by atoms with Crippen molar-refractivity contribution in [2.75, 3.05) is 33.8 Å². The number of hydrogen-bond acceptors (Lipinski definition) is 4. The lowest BCUT2D eigenvalue weighted by atomic mass is 10.0. The van der Waals surface area contributed by atoms with Crippen molar-refractivity contribution in [3.8, 4) is 5.75 Å². The van der Waals surface area contributed by atoms with E-state index in [1.54, 1.807) is 30.3 Å². The zero-order valence-corrected chi connectivity index (χ0v) is 19.3. The summed E-state index contributed by atoms with van der Waals surface area (Å²) in [4.78, 5) is 19.3. The molecule has 0 radical (unpaired) electrons. The van der Waals surface area contributed by atoms with Crippen molar-refractivity contribution in [2.24, 2.45) is 4.99 Å². The topological polar surface area (TPSA) is 66.0 Å². The lowest BCUT2D eigenvalue weighted by Gasteiger charge is -2.28. The highest BCUT2D eigenvalue weighted by Crippen LogP contribution is 2.31. The maximum Gasteiger partial charge on any atom is 0.243 e. The lowest BCUT2D eigenvalue weighted by molar-refractivity contribution is -0.127. The summed E-state index contributed by atoms with van der Waals surface area (Å²) in [6, 6.07) is 12.3. The van der Waals surface area contributed by atoms with Crippen LogP contribution in [-0.2, 0) is 11.2 Å². The summed E-state index contributed by atoms with van der Waals surface area (Å²) >= 11 is 1.75. The van der Waals surface area contributed by atoms with Gasteiger partial charge in [0.15, 0.2) is 5.96 Å². The fraction of sp³-hybridized carbons (Fsp3) is 0.400. The summed E-state index contributed by atoms with van der Waals surface area (Å²) in [6.45, 7) is 1.54. The third-order valence-corrected chi connectivity index (χ3v) is 5.32. The number of hydrogen-bond donors (Lipinski definition) is 2. The van der Waals surface area contributed by atoms with E-state index in [1.165, 1.54) is 4.88 Å². The molecule has 0 saturated heterocycles. The van der Waals surface area contributed by atoms with E-state index in [0.717, 1.165) is 30.7 Å². The number of thiophene rings is 1. The van der Waals surface area contributed by atoms with Crippen LogP contribution < -0.4 is 15.4 Å². The first-order valence-corrected chi connectivity index (χ1v) is 10.0. The first-order valence-electron chi connectivity index (χ1n) is 9.12. The minimum absolute atomic E-state index is 0. The number of rotatable bonds is 6. The van der Waals surface area contributed by atoms with Gasteiger partial charge in [0.05, 0.1) is 12.6 Å². The van der Waals surface area contributed by atoms with Gasteiger partial charge in [0, 0.05) is 37.5 Å². The second kappa shape index (κ2) is 11.3. The summed E-state index contributed by atoms with van der Waals surface area (Å²) in [6.07, 6.45) is 1.77. The standard InChI is InChI=1S/C20H26N4O2S.HI/c1-24(2)19(25)14-22-20(21-11-9-15-6-5-13-27-15)23-17-10-12-26-18-8-4-3-7-16(17)18;/h3-8,13,17H,9-12,14H2,1-2H3,(H2,21,22,23);1H. The van der Waals surface area contributed by atoms with E-state index in [1.807, 2.05) is 18.2 Å². The van der Waals surface area contributed by atoms with Crippen LogP contribution in [0.2, 0.25) is 0 Å². The Morgan fingerprint density at radius 1 is 1.29 bits per heavy atom. The monoisotopic (exact) mass is 514 g/mol. The van der Waals surface area contributed by atoms with Crippen LogP contribution in [0.25, 0.3) is 0 Å². The number of nitrogens with one attached hydrogen (secondary N) is 2. The van der Waals surface area contributed by atoms with E-state index >= 15 is 0 Å². The molecule has 1 aromatic carbocycles. The van der Waals surface area contributed by atoms with Crippen molar-refractivity contribution in [2.45, 2.75) is 18.9 Å². The molecule has 152 valence electrons. The van der Waals surface area contributed by atoms with E-state index in [2.05, 4.69) is 39.2 Å². The zero-order chi connectivity index (χ0) is 19.1. The molecule has 6 nitrogen and oxygen atoms in total. The lowest BCUT2D eigenvalue weighted by Crippen LogP contribution is -2.42. The number of nitrogens with zero attached hydrogens (tertiary/aromatic N) is 2. The van der Waals surface area contributed by atoms with Crippen LogP contribution in [0.4, 0.5) is 0 Å². The molecule has 1 aliphatic heterocycles. The largest absolute Gasteiger partial charge is 0.493 e. The normalized spacial score (nSPS) is 15.6. The predicted molar refractivity (Wildman–Crippen MR) is 125 cm³/mol. The molecule has 28 heavy (non-hydrogen) atoms. The molecular weight excluding hydrogens is 487 g/mol. The second-order valence-electron chi connectivity index (χ2n) is 6.58. The van der Waals surface area contributed by atoms with Crippen molar-refractivity contribution in [3.05, 3.63) is 52.2 Å². The fourth-order valence-electron chi connectivity index (χ4n) is 2.86. The van der Waals surface area contributed by atoms with Gasteiger partial charge in [-0.3, -0.25) is 4.79 Å². The smallest absolute Gasteiger partial charge is 0.243 e. The van der Waals surface area contributed by atoms with Crippen LogP contribution in [0.3, 0.4) is 0 Å². The number of guanidine groups is 1. The van der Waals surface area contributed by atoms with Gasteiger partial charge in [0.1, 0.15) is 12.3 Å². The average molecular weight is 514 g/mol. The second-order valence-corrected chi connectivity index (χ2v) is 7.61. The Balaban J connectivity index is 0.00000280. The van der Waals surface area contributed by atoms with Crippen LogP contribution >= 0.6 is 35.3 Å². The van der Waals surface area contributed by atoms with E-state index in [0.29, 0.717) is 12.6 Å². The number of aliphatic imine (C=N–C) groups is 1. The Bertz CT molecular complexity index is 780. The molecule has 0 spiro atoms. The van der Waals surface area contributed by atoms with Crippen LogP contribution in [0.5, 0.6) is 5.75 Å². The van der Waals surface area contributed by atoms with Gasteiger partial charge in [0.2, 0.25) is 5.91 Å². The van der Waals surface area contributed by atoms with Crippen molar-refractivity contribution in [3.63, 3.8) is 0 Å². The zero-order valence-electron chi connectivity index (χ0n) is 16.2. The molecule has 1 aliphatic rings. The minimum Gasteiger partial charge on any atom is -0.493 e. The van der Waals surface area contributed by atoms with Crippen LogP contribution in [0.1, 0.15) is 22.9 Å². The quantitative estimate of drug-likeness (QED) is 0.354.